The Kier molecular flexibility index (Phi) is 7.14. The number of fused-ring (bicyclic) bond motifs is 3. The molecule has 0 aromatic heterocycles. The normalized spacial score (nSPS) is 41.7. The molecule has 1 aromatic rings. The summed E-state index contributed by atoms with van der Waals surface area (Å²) in [6, 6.07) is 7.87. The zero-order valence-corrected chi connectivity index (χ0v) is 23.0. The van der Waals surface area contributed by atoms with E-state index < -0.39 is 82.6 Å². The molecule has 0 aliphatic heterocycles. The number of rotatable bonds is 3. The molecule has 2 saturated carbocycles. The minimum atomic E-state index is -2.51. The van der Waals surface area contributed by atoms with E-state index >= 15 is 0 Å². The summed E-state index contributed by atoms with van der Waals surface area (Å²) in [7, 11) is 0. The molecule has 0 heterocycles. The van der Waals surface area contributed by atoms with E-state index in [2.05, 4.69) is 0 Å². The van der Waals surface area contributed by atoms with Crippen LogP contribution in [0.1, 0.15) is 64.7 Å². The minimum absolute atomic E-state index is 0.0380. The molecule has 10 heteroatoms. The van der Waals surface area contributed by atoms with Gasteiger partial charge in [-0.3, -0.25) is 9.59 Å². The molecule has 4 rings (SSSR count). The summed E-state index contributed by atoms with van der Waals surface area (Å²) in [4.78, 5) is 40.0. The first-order valence-corrected chi connectivity index (χ1v) is 13.1. The maximum absolute atomic E-state index is 14.2. The number of Topliss-reactive ketones (excluding diaryl/α,β-unsaturated/α-hetero) is 1. The third kappa shape index (κ3) is 4.07. The number of hydrogen-bond donors (Lipinski definition) is 5. The van der Waals surface area contributed by atoms with Gasteiger partial charge in [0.15, 0.2) is 5.78 Å². The van der Waals surface area contributed by atoms with Gasteiger partial charge in [0.2, 0.25) is 5.79 Å². The van der Waals surface area contributed by atoms with Gasteiger partial charge in [-0.1, -0.05) is 39.0 Å². The van der Waals surface area contributed by atoms with E-state index in [-0.39, 0.29) is 23.1 Å². The summed E-state index contributed by atoms with van der Waals surface area (Å²) >= 11 is 0. The Morgan fingerprint density at radius 1 is 1.03 bits per heavy atom. The lowest BCUT2D eigenvalue weighted by Gasteiger charge is -2.63. The predicted octanol–water partition coefficient (Wildman–Crippen LogP) is 1.27. The van der Waals surface area contributed by atoms with Crippen LogP contribution < -0.4 is 0 Å². The Labute approximate surface area is 227 Å². The van der Waals surface area contributed by atoms with Crippen molar-refractivity contribution in [1.29, 1.82) is 0 Å². The fourth-order valence-electron chi connectivity index (χ4n) is 7.20. The van der Waals surface area contributed by atoms with E-state index in [4.69, 9.17) is 9.47 Å². The molecule has 0 amide bonds. The lowest BCUT2D eigenvalue weighted by molar-refractivity contribution is -0.335. The van der Waals surface area contributed by atoms with Gasteiger partial charge in [-0.15, -0.1) is 0 Å². The first-order valence-electron chi connectivity index (χ1n) is 13.1. The molecule has 2 fully saturated rings. The summed E-state index contributed by atoms with van der Waals surface area (Å²) in [5, 5.41) is 58.6. The number of aliphatic hydroxyl groups excluding tert-OH is 3. The molecule has 214 valence electrons. The van der Waals surface area contributed by atoms with Crippen LogP contribution in [0.4, 0.5) is 0 Å². The Morgan fingerprint density at radius 2 is 1.62 bits per heavy atom. The van der Waals surface area contributed by atoms with Gasteiger partial charge in [-0.25, -0.2) is 4.79 Å². The third-order valence-electron chi connectivity index (χ3n) is 9.63. The van der Waals surface area contributed by atoms with E-state index in [0.717, 1.165) is 6.92 Å². The number of aliphatic hydroxyl groups is 5. The minimum Gasteiger partial charge on any atom is -0.455 e. The van der Waals surface area contributed by atoms with Gasteiger partial charge in [-0.05, 0) is 43.5 Å². The summed E-state index contributed by atoms with van der Waals surface area (Å²) in [5.41, 5.74) is -5.33. The zero-order valence-electron chi connectivity index (χ0n) is 23.0. The quantitative estimate of drug-likeness (QED) is 0.211. The predicted molar refractivity (Wildman–Crippen MR) is 137 cm³/mol. The van der Waals surface area contributed by atoms with Crippen molar-refractivity contribution < 1.29 is 49.4 Å². The standard InChI is InChI=1S/C29H38O10/c1-14-12-19(32)27(6)22(29(14,37)39-16(3)30)24(38-25(35)17-10-8-7-9-11-17)28(36)13-18(31)15(2)20(26(28,4)5)21(33)23(27)34/h7-11,14,18-19,21-22,24,31-33,36-37H,12-13H2,1-6H3/t14-,18+,19+,21-,22+,24+,27-,28-,29-/m1/s1. The van der Waals surface area contributed by atoms with Gasteiger partial charge >= 0.3 is 11.9 Å². The molecular weight excluding hydrogens is 508 g/mol. The Morgan fingerprint density at radius 3 is 2.18 bits per heavy atom. The number of benzene rings is 1. The molecule has 0 unspecified atom stereocenters. The van der Waals surface area contributed by atoms with Crippen molar-refractivity contribution >= 4 is 17.7 Å². The summed E-state index contributed by atoms with van der Waals surface area (Å²) in [5.74, 6) is -7.95. The smallest absolute Gasteiger partial charge is 0.338 e. The van der Waals surface area contributed by atoms with Crippen LogP contribution in [0.25, 0.3) is 0 Å². The molecule has 2 bridgehead atoms. The second-order valence-corrected chi connectivity index (χ2v) is 12.1. The highest BCUT2D eigenvalue weighted by molar-refractivity contribution is 5.94. The SMILES string of the molecule is CC(=O)O[C@]1(O)[C@H](C)C[C@H](O)[C@@]2(C)C(=O)[C@H](O)C3=C(C)[C@@H](O)C[C@@](O)([C@@H](OC(=O)c4ccccc4)[C@H]12)C3(C)C. The van der Waals surface area contributed by atoms with E-state index in [1.807, 2.05) is 0 Å². The van der Waals surface area contributed by atoms with Gasteiger partial charge in [0.25, 0.3) is 0 Å². The fourth-order valence-corrected chi connectivity index (χ4v) is 7.20. The van der Waals surface area contributed by atoms with E-state index in [9.17, 15) is 39.9 Å². The van der Waals surface area contributed by atoms with Crippen molar-refractivity contribution in [3.63, 3.8) is 0 Å². The highest BCUT2D eigenvalue weighted by Crippen LogP contribution is 2.62. The van der Waals surface area contributed by atoms with Gasteiger partial charge in [0.1, 0.15) is 17.8 Å². The summed E-state index contributed by atoms with van der Waals surface area (Å²) < 4.78 is 11.5. The van der Waals surface area contributed by atoms with Crippen LogP contribution in [0.3, 0.4) is 0 Å². The lowest BCUT2D eigenvalue weighted by Crippen LogP contribution is -2.76. The zero-order chi connectivity index (χ0) is 29.3. The Balaban J connectivity index is 2.08. The molecule has 39 heavy (non-hydrogen) atoms. The van der Waals surface area contributed by atoms with E-state index in [0.29, 0.717) is 0 Å². The monoisotopic (exact) mass is 546 g/mol. The van der Waals surface area contributed by atoms with Crippen LogP contribution in [-0.2, 0) is 19.1 Å². The van der Waals surface area contributed by atoms with Crippen molar-refractivity contribution in [2.24, 2.45) is 22.7 Å². The van der Waals surface area contributed by atoms with Crippen LogP contribution >= 0.6 is 0 Å². The van der Waals surface area contributed by atoms with Crippen molar-refractivity contribution in [3.8, 4) is 0 Å². The van der Waals surface area contributed by atoms with E-state index in [1.165, 1.54) is 26.0 Å². The largest absolute Gasteiger partial charge is 0.455 e. The summed E-state index contributed by atoms with van der Waals surface area (Å²) in [6.45, 7) is 8.51. The third-order valence-corrected chi connectivity index (χ3v) is 9.63. The lowest BCUT2D eigenvalue weighted by atomic mass is 9.46. The second-order valence-electron chi connectivity index (χ2n) is 12.1. The fraction of sp³-hybridized carbons (Fsp3) is 0.621. The Hall–Kier alpha value is -2.63. The number of esters is 2. The Bertz CT molecular complexity index is 1210. The summed E-state index contributed by atoms with van der Waals surface area (Å²) in [6.07, 6.45) is -7.08. The highest BCUT2D eigenvalue weighted by Gasteiger charge is 2.74. The number of ether oxygens (including phenoxy) is 2. The number of carbonyl (C=O) groups is 3. The van der Waals surface area contributed by atoms with Crippen LogP contribution in [0.2, 0.25) is 0 Å². The van der Waals surface area contributed by atoms with Crippen molar-refractivity contribution in [3.05, 3.63) is 47.0 Å². The topological polar surface area (TPSA) is 171 Å². The first-order chi connectivity index (χ1) is 17.9. The molecule has 0 spiro atoms. The molecular formula is C29H38O10. The average molecular weight is 547 g/mol. The van der Waals surface area contributed by atoms with Crippen LogP contribution in [0.5, 0.6) is 0 Å². The van der Waals surface area contributed by atoms with Crippen molar-refractivity contribution in [1.82, 2.24) is 0 Å². The molecule has 3 aliphatic rings. The molecule has 0 radical (unpaired) electrons. The molecule has 1 aromatic carbocycles. The maximum Gasteiger partial charge on any atom is 0.338 e. The number of hydrogen-bond acceptors (Lipinski definition) is 10. The maximum atomic E-state index is 14.2. The van der Waals surface area contributed by atoms with E-state index in [1.54, 1.807) is 39.0 Å². The van der Waals surface area contributed by atoms with Crippen molar-refractivity contribution in [2.45, 2.75) is 90.2 Å². The van der Waals surface area contributed by atoms with Gasteiger partial charge in [0, 0.05) is 24.7 Å². The number of ketones is 1. The van der Waals surface area contributed by atoms with Crippen LogP contribution in [0.15, 0.2) is 41.5 Å². The molecule has 10 nitrogen and oxygen atoms in total. The van der Waals surface area contributed by atoms with Gasteiger partial charge in [0.05, 0.1) is 29.1 Å². The molecule has 3 aliphatic carbocycles. The number of carbonyl (C=O) groups excluding carboxylic acids is 3. The highest BCUT2D eigenvalue weighted by atomic mass is 16.7. The van der Waals surface area contributed by atoms with Crippen molar-refractivity contribution in [2.75, 3.05) is 0 Å². The van der Waals surface area contributed by atoms with Gasteiger partial charge in [-0.2, -0.15) is 0 Å². The first kappa shape index (κ1) is 29.4. The molecule has 5 N–H and O–H groups in total. The van der Waals surface area contributed by atoms with Crippen LogP contribution in [-0.4, -0.2) is 79.1 Å². The molecule has 9 atom stereocenters. The van der Waals surface area contributed by atoms with Crippen LogP contribution in [0, 0.1) is 22.7 Å². The second kappa shape index (κ2) is 9.49. The molecule has 0 saturated heterocycles. The average Bonchev–Trinajstić information content (AvgIpc) is 2.85. The van der Waals surface area contributed by atoms with Gasteiger partial charge < -0.3 is 35.0 Å².